The monoisotopic (exact) mass is 248 g/mol. The Morgan fingerprint density at radius 3 is 3.06 bits per heavy atom. The van der Waals surface area contributed by atoms with Crippen LogP contribution in [0.2, 0.25) is 0 Å². The fraction of sp³-hybridized carbons (Fsp3) is 0.231. The van der Waals surface area contributed by atoms with Gasteiger partial charge in [0.2, 0.25) is 0 Å². The molecule has 0 saturated heterocycles. The number of hydrogen-bond donors (Lipinski definition) is 0. The molecule has 0 spiro atoms. The van der Waals surface area contributed by atoms with Gasteiger partial charge in [0.25, 0.3) is 0 Å². The molecule has 3 nitrogen and oxygen atoms in total. The maximum atomic E-state index is 11.8. The second-order valence-corrected chi connectivity index (χ2v) is 4.89. The Bertz CT molecular complexity index is 467. The molecule has 1 heterocycles. The first-order valence-electron chi connectivity index (χ1n) is 5.29. The highest BCUT2D eigenvalue weighted by atomic mass is 32.2. The number of carbonyl (C=O) groups excluding carboxylic acids is 2. The Morgan fingerprint density at radius 1 is 1.53 bits per heavy atom. The molecular weight excluding hydrogens is 236 g/mol. The van der Waals surface area contributed by atoms with Crippen LogP contribution in [0.4, 0.5) is 0 Å². The number of fused-ring (bicyclic) bond motifs is 1. The molecule has 0 amide bonds. The SMILES string of the molecule is C=CCOC(=O)C1CC(=O)c2ccccc2S1. The van der Waals surface area contributed by atoms with Gasteiger partial charge in [0, 0.05) is 16.9 Å². The molecule has 1 unspecified atom stereocenters. The molecule has 0 radical (unpaired) electrons. The lowest BCUT2D eigenvalue weighted by Crippen LogP contribution is -2.27. The Morgan fingerprint density at radius 2 is 2.29 bits per heavy atom. The third kappa shape index (κ3) is 2.58. The average Bonchev–Trinajstić information content (AvgIpc) is 2.36. The second kappa shape index (κ2) is 5.19. The average molecular weight is 248 g/mol. The summed E-state index contributed by atoms with van der Waals surface area (Å²) in [6, 6.07) is 7.32. The van der Waals surface area contributed by atoms with Crippen LogP contribution in [0.25, 0.3) is 0 Å². The quantitative estimate of drug-likeness (QED) is 0.609. The maximum absolute atomic E-state index is 11.8. The van der Waals surface area contributed by atoms with E-state index in [9.17, 15) is 9.59 Å². The van der Waals surface area contributed by atoms with Gasteiger partial charge in [0.05, 0.1) is 0 Å². The maximum Gasteiger partial charge on any atom is 0.320 e. The summed E-state index contributed by atoms with van der Waals surface area (Å²) in [6.45, 7) is 3.66. The number of Topliss-reactive ketones (excluding diaryl/α,β-unsaturated/α-hetero) is 1. The van der Waals surface area contributed by atoms with Gasteiger partial charge in [-0.05, 0) is 6.07 Å². The van der Waals surface area contributed by atoms with Gasteiger partial charge in [-0.2, -0.15) is 0 Å². The molecule has 0 N–H and O–H groups in total. The normalized spacial score (nSPS) is 18.4. The van der Waals surface area contributed by atoms with Crippen LogP contribution in [0, 0.1) is 0 Å². The van der Waals surface area contributed by atoms with Gasteiger partial charge in [0.1, 0.15) is 11.9 Å². The predicted molar refractivity (Wildman–Crippen MR) is 66.2 cm³/mol. The predicted octanol–water partition coefficient (Wildman–Crippen LogP) is 2.46. The number of rotatable bonds is 3. The van der Waals surface area contributed by atoms with Gasteiger partial charge in [-0.25, -0.2) is 0 Å². The fourth-order valence-electron chi connectivity index (χ4n) is 1.64. The highest BCUT2D eigenvalue weighted by molar-refractivity contribution is 8.00. The van der Waals surface area contributed by atoms with Crippen LogP contribution in [0.15, 0.2) is 41.8 Å². The minimum absolute atomic E-state index is 0.0000898. The summed E-state index contributed by atoms with van der Waals surface area (Å²) >= 11 is 1.39. The highest BCUT2D eigenvalue weighted by Crippen LogP contribution is 2.35. The summed E-state index contributed by atoms with van der Waals surface area (Å²) in [5.41, 5.74) is 0.699. The van der Waals surface area contributed by atoms with E-state index < -0.39 is 5.25 Å². The van der Waals surface area contributed by atoms with Crippen molar-refractivity contribution in [2.24, 2.45) is 0 Å². The Kier molecular flexibility index (Phi) is 3.64. The summed E-state index contributed by atoms with van der Waals surface area (Å²) in [5, 5.41) is -0.433. The van der Waals surface area contributed by atoms with Crippen LogP contribution in [-0.4, -0.2) is 23.6 Å². The summed E-state index contributed by atoms with van der Waals surface area (Å²) in [7, 11) is 0. The van der Waals surface area contributed by atoms with E-state index in [-0.39, 0.29) is 24.8 Å². The number of ether oxygens (including phenoxy) is 1. The highest BCUT2D eigenvalue weighted by Gasteiger charge is 2.31. The molecule has 0 bridgehead atoms. The molecule has 88 valence electrons. The molecule has 0 fully saturated rings. The first kappa shape index (κ1) is 11.9. The van der Waals surface area contributed by atoms with Crippen molar-refractivity contribution in [2.45, 2.75) is 16.6 Å². The number of carbonyl (C=O) groups is 2. The van der Waals surface area contributed by atoms with Gasteiger partial charge < -0.3 is 4.74 Å². The van der Waals surface area contributed by atoms with Gasteiger partial charge in [0.15, 0.2) is 5.78 Å². The van der Waals surface area contributed by atoms with E-state index in [1.54, 1.807) is 6.07 Å². The van der Waals surface area contributed by atoms with E-state index in [1.165, 1.54) is 17.8 Å². The smallest absolute Gasteiger partial charge is 0.320 e. The topological polar surface area (TPSA) is 43.4 Å². The molecular formula is C13H12O3S. The summed E-state index contributed by atoms with van der Waals surface area (Å²) in [4.78, 5) is 24.4. The molecule has 1 aromatic rings. The minimum Gasteiger partial charge on any atom is -0.461 e. The zero-order chi connectivity index (χ0) is 12.3. The third-order valence-electron chi connectivity index (χ3n) is 2.43. The van der Waals surface area contributed by atoms with Crippen LogP contribution >= 0.6 is 11.8 Å². The molecule has 1 aliphatic heterocycles. The molecule has 1 aromatic carbocycles. The molecule has 0 saturated carbocycles. The van der Waals surface area contributed by atoms with E-state index >= 15 is 0 Å². The van der Waals surface area contributed by atoms with Crippen molar-refractivity contribution < 1.29 is 14.3 Å². The third-order valence-corrected chi connectivity index (χ3v) is 3.69. The van der Waals surface area contributed by atoms with Gasteiger partial charge in [-0.15, -0.1) is 11.8 Å². The van der Waals surface area contributed by atoms with Crippen molar-refractivity contribution in [1.29, 1.82) is 0 Å². The van der Waals surface area contributed by atoms with E-state index in [0.717, 1.165) is 4.90 Å². The zero-order valence-electron chi connectivity index (χ0n) is 9.22. The lowest BCUT2D eigenvalue weighted by Gasteiger charge is -2.21. The molecule has 17 heavy (non-hydrogen) atoms. The molecule has 0 aliphatic carbocycles. The van der Waals surface area contributed by atoms with Crippen molar-refractivity contribution in [3.8, 4) is 0 Å². The largest absolute Gasteiger partial charge is 0.461 e. The first-order chi connectivity index (χ1) is 8.22. The molecule has 1 atom stereocenters. The van der Waals surface area contributed by atoms with Crippen molar-refractivity contribution in [3.63, 3.8) is 0 Å². The number of hydrogen-bond acceptors (Lipinski definition) is 4. The molecule has 2 rings (SSSR count). The minimum atomic E-state index is -0.433. The Labute approximate surface area is 104 Å². The van der Waals surface area contributed by atoms with E-state index in [1.807, 2.05) is 18.2 Å². The van der Waals surface area contributed by atoms with E-state index in [4.69, 9.17) is 4.74 Å². The molecule has 4 heteroatoms. The van der Waals surface area contributed by atoms with Gasteiger partial charge >= 0.3 is 5.97 Å². The summed E-state index contributed by atoms with van der Waals surface area (Å²) < 4.78 is 4.96. The standard InChI is InChI=1S/C13H12O3S/c1-2-7-16-13(15)12-8-10(14)9-5-3-4-6-11(9)17-12/h2-6,12H,1,7-8H2. The van der Waals surface area contributed by atoms with Gasteiger partial charge in [-0.1, -0.05) is 30.9 Å². The van der Waals surface area contributed by atoms with E-state index in [2.05, 4.69) is 6.58 Å². The zero-order valence-corrected chi connectivity index (χ0v) is 10.0. The number of ketones is 1. The van der Waals surface area contributed by atoms with Crippen LogP contribution in [0.1, 0.15) is 16.8 Å². The van der Waals surface area contributed by atoms with Crippen LogP contribution in [-0.2, 0) is 9.53 Å². The van der Waals surface area contributed by atoms with Crippen molar-refractivity contribution in [3.05, 3.63) is 42.5 Å². The Hall–Kier alpha value is -1.55. The second-order valence-electron chi connectivity index (χ2n) is 3.65. The molecule has 0 aromatic heterocycles. The van der Waals surface area contributed by atoms with Gasteiger partial charge in [-0.3, -0.25) is 9.59 Å². The van der Waals surface area contributed by atoms with Crippen LogP contribution < -0.4 is 0 Å². The summed E-state index contributed by atoms with van der Waals surface area (Å²) in [6.07, 6.45) is 1.72. The summed E-state index contributed by atoms with van der Waals surface area (Å²) in [5.74, 6) is -0.349. The number of esters is 1. The van der Waals surface area contributed by atoms with Crippen molar-refractivity contribution in [2.75, 3.05) is 6.61 Å². The Balaban J connectivity index is 2.14. The number of benzene rings is 1. The van der Waals surface area contributed by atoms with E-state index in [0.29, 0.717) is 5.56 Å². The lowest BCUT2D eigenvalue weighted by molar-refractivity contribution is -0.141. The first-order valence-corrected chi connectivity index (χ1v) is 6.16. The lowest BCUT2D eigenvalue weighted by atomic mass is 10.1. The van der Waals surface area contributed by atoms with Crippen LogP contribution in [0.3, 0.4) is 0 Å². The van der Waals surface area contributed by atoms with Crippen LogP contribution in [0.5, 0.6) is 0 Å². The van der Waals surface area contributed by atoms with Crippen molar-refractivity contribution in [1.82, 2.24) is 0 Å². The molecule has 1 aliphatic rings. The number of thioether (sulfide) groups is 1. The van der Waals surface area contributed by atoms with Crippen molar-refractivity contribution >= 4 is 23.5 Å². The fourth-order valence-corrected chi connectivity index (χ4v) is 2.81.